The summed E-state index contributed by atoms with van der Waals surface area (Å²) in [7, 11) is -2.03. The van der Waals surface area contributed by atoms with Gasteiger partial charge in [0.1, 0.15) is 4.90 Å². The first-order valence-electron chi connectivity index (χ1n) is 6.97. The Hall–Kier alpha value is -0.660. The van der Waals surface area contributed by atoms with Crippen LogP contribution in [0.5, 0.6) is 0 Å². The fraction of sp³-hybridized carbons (Fsp3) is 0.571. The Morgan fingerprint density at radius 3 is 2.86 bits per heavy atom. The maximum absolute atomic E-state index is 12.7. The van der Waals surface area contributed by atoms with Crippen molar-refractivity contribution in [3.05, 3.63) is 28.8 Å². The van der Waals surface area contributed by atoms with Crippen molar-refractivity contribution >= 4 is 21.6 Å². The van der Waals surface area contributed by atoms with E-state index in [1.807, 2.05) is 0 Å². The van der Waals surface area contributed by atoms with E-state index in [-0.39, 0.29) is 22.4 Å². The van der Waals surface area contributed by atoms with Crippen LogP contribution in [-0.2, 0) is 21.3 Å². The van der Waals surface area contributed by atoms with E-state index in [0.717, 1.165) is 25.0 Å². The van der Waals surface area contributed by atoms with E-state index in [1.54, 1.807) is 25.2 Å². The highest BCUT2D eigenvalue weighted by Gasteiger charge is 2.27. The van der Waals surface area contributed by atoms with Crippen molar-refractivity contribution in [2.24, 2.45) is 11.7 Å². The van der Waals surface area contributed by atoms with Crippen LogP contribution in [0.1, 0.15) is 18.4 Å². The number of halogens is 1. The van der Waals surface area contributed by atoms with Crippen LogP contribution >= 0.6 is 11.6 Å². The van der Waals surface area contributed by atoms with E-state index in [0.29, 0.717) is 13.2 Å². The molecule has 2 N–H and O–H groups in total. The minimum atomic E-state index is -3.61. The first-order valence-corrected chi connectivity index (χ1v) is 8.79. The highest BCUT2D eigenvalue weighted by Crippen LogP contribution is 2.26. The van der Waals surface area contributed by atoms with Crippen molar-refractivity contribution in [1.29, 1.82) is 0 Å². The Morgan fingerprint density at radius 2 is 2.24 bits per heavy atom. The maximum atomic E-state index is 12.7. The van der Waals surface area contributed by atoms with Crippen LogP contribution in [0.15, 0.2) is 23.1 Å². The number of hydrogen-bond donors (Lipinski definition) is 1. The Morgan fingerprint density at radius 1 is 1.48 bits per heavy atom. The smallest absolute Gasteiger partial charge is 0.244 e. The molecule has 1 aromatic rings. The average Bonchev–Trinajstić information content (AvgIpc) is 2.48. The summed E-state index contributed by atoms with van der Waals surface area (Å²) >= 11 is 6.05. The second kappa shape index (κ2) is 7.07. The standard InChI is InChI=1S/C14H21ClN2O3S/c1-17(9-12-3-2-6-20-10-12)21(18,19)14-7-11(8-16)4-5-13(14)15/h4-5,7,12H,2-3,6,8-10,16H2,1H3. The van der Waals surface area contributed by atoms with Gasteiger partial charge < -0.3 is 10.5 Å². The number of rotatable bonds is 5. The van der Waals surface area contributed by atoms with Gasteiger partial charge >= 0.3 is 0 Å². The van der Waals surface area contributed by atoms with E-state index >= 15 is 0 Å². The van der Waals surface area contributed by atoms with Crippen LogP contribution in [0.2, 0.25) is 5.02 Å². The third kappa shape index (κ3) is 3.96. The zero-order valence-corrected chi connectivity index (χ0v) is 13.7. The van der Waals surface area contributed by atoms with Crippen LogP contribution in [0.4, 0.5) is 0 Å². The van der Waals surface area contributed by atoms with Crippen LogP contribution in [0, 0.1) is 5.92 Å². The molecule has 0 aromatic heterocycles. The fourth-order valence-corrected chi connectivity index (χ4v) is 4.22. The van der Waals surface area contributed by atoms with Gasteiger partial charge in [-0.05, 0) is 36.5 Å². The second-order valence-electron chi connectivity index (χ2n) is 5.34. The Bertz CT molecular complexity index is 586. The molecule has 0 saturated carbocycles. The van der Waals surface area contributed by atoms with Crippen molar-refractivity contribution in [2.75, 3.05) is 26.8 Å². The average molecular weight is 333 g/mol. The molecule has 21 heavy (non-hydrogen) atoms. The summed E-state index contributed by atoms with van der Waals surface area (Å²) in [6.45, 7) is 2.08. The van der Waals surface area contributed by atoms with Gasteiger partial charge in [0.15, 0.2) is 0 Å². The van der Waals surface area contributed by atoms with Gasteiger partial charge in [0.25, 0.3) is 0 Å². The van der Waals surface area contributed by atoms with Crippen LogP contribution in [-0.4, -0.2) is 39.5 Å². The maximum Gasteiger partial charge on any atom is 0.244 e. The zero-order valence-electron chi connectivity index (χ0n) is 12.1. The summed E-state index contributed by atoms with van der Waals surface area (Å²) in [6.07, 6.45) is 1.96. The summed E-state index contributed by atoms with van der Waals surface area (Å²) in [5.74, 6) is 0.231. The lowest BCUT2D eigenvalue weighted by Crippen LogP contribution is -2.35. The van der Waals surface area contributed by atoms with Crippen molar-refractivity contribution in [3.8, 4) is 0 Å². The Balaban J connectivity index is 2.20. The summed E-state index contributed by atoms with van der Waals surface area (Å²) in [5, 5.41) is 0.221. The molecular formula is C14H21ClN2O3S. The fourth-order valence-electron chi connectivity index (χ4n) is 2.45. The minimum absolute atomic E-state index is 0.117. The van der Waals surface area contributed by atoms with Gasteiger partial charge in [0, 0.05) is 26.7 Å². The molecule has 0 bridgehead atoms. The van der Waals surface area contributed by atoms with Gasteiger partial charge in [0.2, 0.25) is 10.0 Å². The summed E-state index contributed by atoms with van der Waals surface area (Å²) in [6, 6.07) is 4.86. The van der Waals surface area contributed by atoms with Crippen molar-refractivity contribution < 1.29 is 13.2 Å². The highest BCUT2D eigenvalue weighted by atomic mass is 35.5. The van der Waals surface area contributed by atoms with E-state index < -0.39 is 10.0 Å². The molecule has 0 radical (unpaired) electrons. The third-order valence-corrected chi connectivity index (χ3v) is 5.99. The molecule has 7 heteroatoms. The number of hydrogen-bond acceptors (Lipinski definition) is 4. The van der Waals surface area contributed by atoms with E-state index in [1.165, 1.54) is 4.31 Å². The van der Waals surface area contributed by atoms with Gasteiger partial charge in [-0.3, -0.25) is 0 Å². The highest BCUT2D eigenvalue weighted by molar-refractivity contribution is 7.89. The van der Waals surface area contributed by atoms with Crippen LogP contribution < -0.4 is 5.73 Å². The number of sulfonamides is 1. The van der Waals surface area contributed by atoms with Gasteiger partial charge in [-0.25, -0.2) is 12.7 Å². The monoisotopic (exact) mass is 332 g/mol. The quantitative estimate of drug-likeness (QED) is 0.893. The molecule has 1 atom stereocenters. The van der Waals surface area contributed by atoms with E-state index in [4.69, 9.17) is 22.1 Å². The Kier molecular flexibility index (Phi) is 5.62. The second-order valence-corrected chi connectivity index (χ2v) is 7.76. The van der Waals surface area contributed by atoms with Gasteiger partial charge in [-0.2, -0.15) is 0 Å². The number of ether oxygens (including phenoxy) is 1. The summed E-state index contributed by atoms with van der Waals surface area (Å²) in [5.41, 5.74) is 6.31. The minimum Gasteiger partial charge on any atom is -0.381 e. The largest absolute Gasteiger partial charge is 0.381 e. The first kappa shape index (κ1) is 16.7. The molecule has 1 aliphatic rings. The van der Waals surface area contributed by atoms with Gasteiger partial charge in [0.05, 0.1) is 11.6 Å². The normalized spacial score (nSPS) is 19.9. The predicted octanol–water partition coefficient (Wildman–Crippen LogP) is 1.85. The molecule has 1 aliphatic heterocycles. The molecule has 1 aromatic carbocycles. The van der Waals surface area contributed by atoms with Gasteiger partial charge in [-0.1, -0.05) is 17.7 Å². The van der Waals surface area contributed by atoms with Crippen molar-refractivity contribution in [1.82, 2.24) is 4.31 Å². The molecule has 0 spiro atoms. The Labute approximate surface area is 131 Å². The van der Waals surface area contributed by atoms with E-state index in [2.05, 4.69) is 0 Å². The van der Waals surface area contributed by atoms with Gasteiger partial charge in [-0.15, -0.1) is 0 Å². The molecule has 2 rings (SSSR count). The van der Waals surface area contributed by atoms with Crippen molar-refractivity contribution in [2.45, 2.75) is 24.3 Å². The lowest BCUT2D eigenvalue weighted by atomic mass is 10.0. The predicted molar refractivity (Wildman–Crippen MR) is 82.7 cm³/mol. The number of nitrogens with zero attached hydrogens (tertiary/aromatic N) is 1. The lowest BCUT2D eigenvalue weighted by molar-refractivity contribution is 0.0495. The number of benzene rings is 1. The molecule has 5 nitrogen and oxygen atoms in total. The SMILES string of the molecule is CN(CC1CCCOC1)S(=O)(=O)c1cc(CN)ccc1Cl. The molecule has 0 amide bonds. The van der Waals surface area contributed by atoms with Crippen LogP contribution in [0.3, 0.4) is 0 Å². The zero-order chi connectivity index (χ0) is 15.5. The third-order valence-electron chi connectivity index (χ3n) is 3.69. The van der Waals surface area contributed by atoms with E-state index in [9.17, 15) is 8.42 Å². The van der Waals surface area contributed by atoms with Crippen LogP contribution in [0.25, 0.3) is 0 Å². The number of nitrogens with two attached hydrogens (primary N) is 1. The summed E-state index contributed by atoms with van der Waals surface area (Å²) < 4.78 is 32.1. The molecule has 1 fully saturated rings. The molecule has 1 heterocycles. The molecule has 118 valence electrons. The summed E-state index contributed by atoms with van der Waals surface area (Å²) in [4.78, 5) is 0.117. The molecule has 1 saturated heterocycles. The topological polar surface area (TPSA) is 72.6 Å². The lowest BCUT2D eigenvalue weighted by Gasteiger charge is -2.27. The molecule has 0 aliphatic carbocycles. The molecular weight excluding hydrogens is 312 g/mol. The van der Waals surface area contributed by atoms with Crippen molar-refractivity contribution in [3.63, 3.8) is 0 Å². The molecule has 1 unspecified atom stereocenters. The first-order chi connectivity index (χ1) is 9.95.